The Hall–Kier alpha value is -0.240. The average Bonchev–Trinajstić information content (AvgIpc) is 2.34. The number of aliphatic hydroxyl groups is 4. The van der Waals surface area contributed by atoms with Gasteiger partial charge < -0.3 is 29.9 Å². The lowest BCUT2D eigenvalue weighted by molar-refractivity contribution is -0.120. The van der Waals surface area contributed by atoms with Crippen LogP contribution in [0.15, 0.2) is 0 Å². The molecule has 0 spiro atoms. The normalized spacial score (nSPS) is 18.3. The van der Waals surface area contributed by atoms with Gasteiger partial charge in [0.2, 0.25) is 0 Å². The summed E-state index contributed by atoms with van der Waals surface area (Å²) in [6, 6.07) is 0. The van der Waals surface area contributed by atoms with Crippen LogP contribution in [0.3, 0.4) is 0 Å². The highest BCUT2D eigenvalue weighted by atomic mass is 16.5. The molecule has 0 aliphatic carbocycles. The van der Waals surface area contributed by atoms with Gasteiger partial charge in [0, 0.05) is 19.8 Å². The van der Waals surface area contributed by atoms with Crippen molar-refractivity contribution in [2.45, 2.75) is 51.1 Å². The Labute approximate surface area is 108 Å². The number of hydrogen-bond donors (Lipinski definition) is 4. The quantitative estimate of drug-likeness (QED) is 0.368. The van der Waals surface area contributed by atoms with E-state index in [2.05, 4.69) is 0 Å². The smallest absolute Gasteiger partial charge is 0.106 e. The van der Waals surface area contributed by atoms with Crippen molar-refractivity contribution < 1.29 is 29.9 Å². The molecule has 0 aliphatic heterocycles. The summed E-state index contributed by atoms with van der Waals surface area (Å²) < 4.78 is 10.7. The minimum absolute atomic E-state index is 0.0238. The molecule has 0 amide bonds. The maximum atomic E-state index is 10.0. The van der Waals surface area contributed by atoms with E-state index in [0.29, 0.717) is 19.4 Å². The predicted molar refractivity (Wildman–Crippen MR) is 66.2 cm³/mol. The second-order valence-corrected chi connectivity index (χ2v) is 4.38. The van der Waals surface area contributed by atoms with Crippen LogP contribution in [-0.2, 0) is 9.47 Å². The highest BCUT2D eigenvalue weighted by molar-refractivity contribution is 4.75. The molecular formula is C12H26O6. The molecule has 110 valence electrons. The highest BCUT2D eigenvalue weighted by Crippen LogP contribution is 2.12. The van der Waals surface area contributed by atoms with E-state index in [4.69, 9.17) is 24.8 Å². The van der Waals surface area contributed by atoms with Crippen molar-refractivity contribution in [3.8, 4) is 0 Å². The summed E-state index contributed by atoms with van der Waals surface area (Å²) in [6.45, 7) is 3.68. The van der Waals surface area contributed by atoms with Crippen LogP contribution in [0.4, 0.5) is 0 Å². The van der Waals surface area contributed by atoms with Crippen molar-refractivity contribution in [3.05, 3.63) is 0 Å². The Morgan fingerprint density at radius 2 is 1.67 bits per heavy atom. The average molecular weight is 266 g/mol. The standard InChI is InChI=1S/C12H26O6/c1-9(15)8-18-10(2)12(16)11(4-6-14)17-7-3-5-13/h9-16H,3-8H2,1-2H3. The summed E-state index contributed by atoms with van der Waals surface area (Å²) in [6.07, 6.45) is -1.72. The zero-order chi connectivity index (χ0) is 14.0. The molecule has 4 N–H and O–H groups in total. The molecule has 4 unspecified atom stereocenters. The first-order valence-corrected chi connectivity index (χ1v) is 6.34. The Bertz CT molecular complexity index is 187. The van der Waals surface area contributed by atoms with Gasteiger partial charge in [-0.25, -0.2) is 0 Å². The first-order valence-electron chi connectivity index (χ1n) is 6.34. The van der Waals surface area contributed by atoms with E-state index in [9.17, 15) is 5.11 Å². The first-order chi connectivity index (χ1) is 8.52. The van der Waals surface area contributed by atoms with Crippen molar-refractivity contribution >= 4 is 0 Å². The van der Waals surface area contributed by atoms with Gasteiger partial charge in [0.15, 0.2) is 0 Å². The zero-order valence-corrected chi connectivity index (χ0v) is 11.2. The van der Waals surface area contributed by atoms with Crippen molar-refractivity contribution in [2.24, 2.45) is 0 Å². The predicted octanol–water partition coefficient (Wildman–Crippen LogP) is -0.717. The Morgan fingerprint density at radius 1 is 1.00 bits per heavy atom. The Morgan fingerprint density at radius 3 is 2.17 bits per heavy atom. The lowest BCUT2D eigenvalue weighted by Crippen LogP contribution is -2.40. The Kier molecular flexibility index (Phi) is 10.5. The molecule has 6 nitrogen and oxygen atoms in total. The summed E-state index contributed by atoms with van der Waals surface area (Å²) in [4.78, 5) is 0. The van der Waals surface area contributed by atoms with Crippen LogP contribution >= 0.6 is 0 Å². The molecule has 0 radical (unpaired) electrons. The minimum atomic E-state index is -0.880. The summed E-state index contributed by atoms with van der Waals surface area (Å²) in [5.74, 6) is 0. The monoisotopic (exact) mass is 266 g/mol. The van der Waals surface area contributed by atoms with Crippen LogP contribution in [0.25, 0.3) is 0 Å². The van der Waals surface area contributed by atoms with Crippen molar-refractivity contribution in [2.75, 3.05) is 26.4 Å². The largest absolute Gasteiger partial charge is 0.396 e. The van der Waals surface area contributed by atoms with Gasteiger partial charge in [-0.05, 0) is 26.7 Å². The van der Waals surface area contributed by atoms with Crippen LogP contribution < -0.4 is 0 Å². The van der Waals surface area contributed by atoms with Gasteiger partial charge in [0.1, 0.15) is 6.10 Å². The second kappa shape index (κ2) is 10.7. The minimum Gasteiger partial charge on any atom is -0.396 e. The molecule has 4 atom stereocenters. The summed E-state index contributed by atoms with van der Waals surface area (Å²) >= 11 is 0. The third kappa shape index (κ3) is 7.97. The molecule has 0 aliphatic rings. The first kappa shape index (κ1) is 17.8. The third-order valence-electron chi connectivity index (χ3n) is 2.51. The second-order valence-electron chi connectivity index (χ2n) is 4.38. The summed E-state index contributed by atoms with van der Waals surface area (Å²) in [7, 11) is 0. The van der Waals surface area contributed by atoms with Crippen molar-refractivity contribution in [1.29, 1.82) is 0 Å². The summed E-state index contributed by atoms with van der Waals surface area (Å²) in [5, 5.41) is 36.7. The van der Waals surface area contributed by atoms with Gasteiger partial charge in [0.05, 0.1) is 24.9 Å². The van der Waals surface area contributed by atoms with Gasteiger partial charge in [-0.15, -0.1) is 0 Å². The fourth-order valence-electron chi connectivity index (χ4n) is 1.47. The third-order valence-corrected chi connectivity index (χ3v) is 2.51. The van der Waals surface area contributed by atoms with Crippen LogP contribution in [0.5, 0.6) is 0 Å². The van der Waals surface area contributed by atoms with Crippen LogP contribution in [0.1, 0.15) is 26.7 Å². The SMILES string of the molecule is CC(O)COC(C)C(O)C(CCO)OCCCO. The molecule has 0 aromatic carbocycles. The lowest BCUT2D eigenvalue weighted by atomic mass is 10.1. The van der Waals surface area contributed by atoms with Crippen molar-refractivity contribution in [1.82, 2.24) is 0 Å². The van der Waals surface area contributed by atoms with E-state index in [1.54, 1.807) is 13.8 Å². The molecule has 0 heterocycles. The van der Waals surface area contributed by atoms with Crippen molar-refractivity contribution in [3.63, 3.8) is 0 Å². The van der Waals surface area contributed by atoms with Gasteiger partial charge in [-0.3, -0.25) is 0 Å². The van der Waals surface area contributed by atoms with E-state index in [1.165, 1.54) is 0 Å². The molecule has 0 bridgehead atoms. The van der Waals surface area contributed by atoms with E-state index in [1.807, 2.05) is 0 Å². The van der Waals surface area contributed by atoms with Crippen LogP contribution in [-0.4, -0.2) is 71.3 Å². The molecule has 0 aromatic heterocycles. The molecule has 18 heavy (non-hydrogen) atoms. The van der Waals surface area contributed by atoms with E-state index < -0.39 is 24.4 Å². The molecule has 0 saturated heterocycles. The molecule has 6 heteroatoms. The molecule has 0 aromatic rings. The topological polar surface area (TPSA) is 99.4 Å². The number of hydrogen-bond acceptors (Lipinski definition) is 6. The Balaban J connectivity index is 4.12. The molecule has 0 rings (SSSR count). The van der Waals surface area contributed by atoms with Gasteiger partial charge in [0.25, 0.3) is 0 Å². The van der Waals surface area contributed by atoms with E-state index in [-0.39, 0.29) is 19.8 Å². The molecule has 0 fully saturated rings. The highest BCUT2D eigenvalue weighted by Gasteiger charge is 2.26. The van der Waals surface area contributed by atoms with E-state index >= 15 is 0 Å². The van der Waals surface area contributed by atoms with E-state index in [0.717, 1.165) is 0 Å². The van der Waals surface area contributed by atoms with Gasteiger partial charge in [-0.1, -0.05) is 0 Å². The molecular weight excluding hydrogens is 240 g/mol. The van der Waals surface area contributed by atoms with Crippen LogP contribution in [0, 0.1) is 0 Å². The number of aliphatic hydroxyl groups excluding tert-OH is 4. The number of rotatable bonds is 11. The van der Waals surface area contributed by atoms with Gasteiger partial charge >= 0.3 is 0 Å². The number of ether oxygens (including phenoxy) is 2. The fourth-order valence-corrected chi connectivity index (χ4v) is 1.47. The molecule has 0 saturated carbocycles. The fraction of sp³-hybridized carbons (Fsp3) is 1.00. The van der Waals surface area contributed by atoms with Gasteiger partial charge in [-0.2, -0.15) is 0 Å². The lowest BCUT2D eigenvalue weighted by Gasteiger charge is -2.28. The zero-order valence-electron chi connectivity index (χ0n) is 11.2. The van der Waals surface area contributed by atoms with Crippen LogP contribution in [0.2, 0.25) is 0 Å². The summed E-state index contributed by atoms with van der Waals surface area (Å²) in [5.41, 5.74) is 0. The maximum Gasteiger partial charge on any atom is 0.106 e. The maximum absolute atomic E-state index is 10.0.